The quantitative estimate of drug-likeness (QED) is 0.346. The fourth-order valence-electron chi connectivity index (χ4n) is 1.65. The molecule has 2 amide bonds. The van der Waals surface area contributed by atoms with E-state index in [-0.39, 0.29) is 17.5 Å². The van der Waals surface area contributed by atoms with Gasteiger partial charge in [-0.25, -0.2) is 0 Å². The van der Waals surface area contributed by atoms with E-state index < -0.39 is 0 Å². The van der Waals surface area contributed by atoms with Crippen molar-refractivity contribution in [3.63, 3.8) is 0 Å². The summed E-state index contributed by atoms with van der Waals surface area (Å²) in [7, 11) is 1.59. The number of carbonyl (C=O) groups is 3. The topological polar surface area (TPSA) is 54.5 Å². The third kappa shape index (κ3) is 4.00. The van der Waals surface area contributed by atoms with Gasteiger partial charge >= 0.3 is 0 Å². The second kappa shape index (κ2) is 6.25. The van der Waals surface area contributed by atoms with Crippen molar-refractivity contribution in [1.29, 1.82) is 0 Å². The maximum Gasteiger partial charge on any atom is 0.253 e. The molecular weight excluding hydrogens is 205 g/mol. The first kappa shape index (κ1) is 12.7. The predicted molar refractivity (Wildman–Crippen MR) is 62.5 cm³/mol. The number of hydrogen-bond donors (Lipinski definition) is 0. The normalized spacial score (nSPS) is 14.9. The molecule has 86 valence electrons. The second-order valence-electron chi connectivity index (χ2n) is 4.03. The third-order valence-electron chi connectivity index (χ3n) is 2.56. The van der Waals surface area contributed by atoms with Crippen LogP contribution in [0.25, 0.3) is 0 Å². The van der Waals surface area contributed by atoms with E-state index in [4.69, 9.17) is 0 Å². The van der Waals surface area contributed by atoms with Gasteiger partial charge in [-0.15, -0.1) is 0 Å². The Morgan fingerprint density at radius 1 is 1.06 bits per heavy atom. The Labute approximate surface area is 96.1 Å². The van der Waals surface area contributed by atoms with Crippen LogP contribution in [-0.2, 0) is 14.4 Å². The van der Waals surface area contributed by atoms with Gasteiger partial charge in [-0.3, -0.25) is 14.5 Å². The van der Waals surface area contributed by atoms with Crippen molar-refractivity contribution in [2.45, 2.75) is 32.1 Å². The second-order valence-corrected chi connectivity index (χ2v) is 4.03. The fraction of sp³-hybridized carbons (Fsp3) is 0.545. The minimum atomic E-state index is -0.214. The molecular formula is C11H16BNO3. The molecule has 0 bridgehead atoms. The fourth-order valence-corrected chi connectivity index (χ4v) is 1.65. The Balaban J connectivity index is 2.05. The molecule has 1 heterocycles. The number of amides is 2. The van der Waals surface area contributed by atoms with Crippen molar-refractivity contribution in [1.82, 2.24) is 4.90 Å². The SMILES string of the molecule is BC(=O)CCCCCCN1C(=O)C=CC1=O. The van der Waals surface area contributed by atoms with Crippen molar-refractivity contribution in [3.05, 3.63) is 12.2 Å². The molecule has 0 saturated carbocycles. The van der Waals surface area contributed by atoms with Crippen LogP contribution in [-0.4, -0.2) is 36.8 Å². The van der Waals surface area contributed by atoms with Crippen LogP contribution in [0.3, 0.4) is 0 Å². The first-order chi connectivity index (χ1) is 7.61. The molecule has 1 rings (SSSR count). The Kier molecular flexibility index (Phi) is 4.96. The smallest absolute Gasteiger partial charge is 0.253 e. The lowest BCUT2D eigenvalue weighted by atomic mass is 9.96. The Bertz CT molecular complexity index is 307. The molecule has 16 heavy (non-hydrogen) atoms. The summed E-state index contributed by atoms with van der Waals surface area (Å²) in [6.45, 7) is 0.491. The molecule has 0 aliphatic carbocycles. The number of carbonyl (C=O) groups excluding carboxylic acids is 3. The minimum absolute atomic E-state index is 0.214. The van der Waals surface area contributed by atoms with E-state index in [0.29, 0.717) is 13.0 Å². The Morgan fingerprint density at radius 2 is 1.62 bits per heavy atom. The maximum absolute atomic E-state index is 11.2. The van der Waals surface area contributed by atoms with Gasteiger partial charge in [-0.1, -0.05) is 12.8 Å². The van der Waals surface area contributed by atoms with Gasteiger partial charge in [-0.2, -0.15) is 0 Å². The molecule has 1 aliphatic heterocycles. The standard InChI is InChI=1S/C11H16BNO3/c12-9(14)5-3-1-2-4-8-13-10(15)6-7-11(13)16/h6-7H,1-5,8,12H2. The van der Waals surface area contributed by atoms with Crippen molar-refractivity contribution in [3.8, 4) is 0 Å². The van der Waals surface area contributed by atoms with Gasteiger partial charge < -0.3 is 4.79 Å². The zero-order valence-electron chi connectivity index (χ0n) is 9.57. The van der Waals surface area contributed by atoms with E-state index in [1.165, 1.54) is 17.1 Å². The molecule has 1 aliphatic rings. The molecule has 0 N–H and O–H groups in total. The van der Waals surface area contributed by atoms with Gasteiger partial charge in [0.25, 0.3) is 11.8 Å². The highest BCUT2D eigenvalue weighted by molar-refractivity contribution is 6.57. The van der Waals surface area contributed by atoms with Crippen LogP contribution in [0.1, 0.15) is 32.1 Å². The monoisotopic (exact) mass is 221 g/mol. The number of rotatable bonds is 7. The number of hydrogen-bond acceptors (Lipinski definition) is 3. The van der Waals surface area contributed by atoms with Gasteiger partial charge in [0.15, 0.2) is 7.85 Å². The van der Waals surface area contributed by atoms with Crippen LogP contribution in [0.2, 0.25) is 0 Å². The van der Waals surface area contributed by atoms with Crippen LogP contribution in [0.5, 0.6) is 0 Å². The van der Waals surface area contributed by atoms with E-state index in [1.54, 1.807) is 7.85 Å². The van der Waals surface area contributed by atoms with E-state index in [9.17, 15) is 14.4 Å². The molecule has 0 radical (unpaired) electrons. The first-order valence-corrected chi connectivity index (χ1v) is 5.64. The van der Waals surface area contributed by atoms with Crippen molar-refractivity contribution < 1.29 is 14.4 Å². The lowest BCUT2D eigenvalue weighted by molar-refractivity contribution is -0.136. The predicted octanol–water partition coefficient (Wildman–Crippen LogP) is 0.0216. The third-order valence-corrected chi connectivity index (χ3v) is 2.56. The number of unbranched alkanes of at least 4 members (excludes halogenated alkanes) is 3. The number of nitrogens with zero attached hydrogens (tertiary/aromatic N) is 1. The molecule has 0 aromatic heterocycles. The molecule has 5 heteroatoms. The maximum atomic E-state index is 11.2. The van der Waals surface area contributed by atoms with E-state index in [2.05, 4.69) is 0 Å². The lowest BCUT2D eigenvalue weighted by Gasteiger charge is -2.12. The number of imide groups is 1. The summed E-state index contributed by atoms with van der Waals surface area (Å²) in [4.78, 5) is 34.3. The summed E-state index contributed by atoms with van der Waals surface area (Å²) in [6.07, 6.45) is 6.87. The highest BCUT2D eigenvalue weighted by Gasteiger charge is 2.21. The largest absolute Gasteiger partial charge is 0.312 e. The Hall–Kier alpha value is -1.39. The van der Waals surface area contributed by atoms with Crippen LogP contribution >= 0.6 is 0 Å². The molecule has 0 spiro atoms. The summed E-state index contributed by atoms with van der Waals surface area (Å²) >= 11 is 0. The average Bonchev–Trinajstić information content (AvgIpc) is 2.53. The Morgan fingerprint density at radius 3 is 2.19 bits per heavy atom. The van der Waals surface area contributed by atoms with Gasteiger partial charge in [0.05, 0.1) is 5.68 Å². The summed E-state index contributed by atoms with van der Waals surface area (Å²) in [5.74, 6) is -0.428. The first-order valence-electron chi connectivity index (χ1n) is 5.64. The van der Waals surface area contributed by atoms with Crippen LogP contribution < -0.4 is 0 Å². The molecule has 4 nitrogen and oxygen atoms in total. The highest BCUT2D eigenvalue weighted by atomic mass is 16.2. The van der Waals surface area contributed by atoms with Gasteiger partial charge in [0, 0.05) is 18.7 Å². The molecule has 0 aromatic rings. The zero-order valence-corrected chi connectivity index (χ0v) is 9.57. The van der Waals surface area contributed by atoms with Gasteiger partial charge in [0.2, 0.25) is 0 Å². The summed E-state index contributed by atoms with van der Waals surface area (Å²) in [6, 6.07) is 0. The summed E-state index contributed by atoms with van der Waals surface area (Å²) in [5, 5.41) is 0. The molecule has 0 atom stereocenters. The van der Waals surface area contributed by atoms with E-state index in [0.717, 1.165) is 25.7 Å². The van der Waals surface area contributed by atoms with Crippen molar-refractivity contribution >= 4 is 25.3 Å². The highest BCUT2D eigenvalue weighted by Crippen LogP contribution is 2.08. The van der Waals surface area contributed by atoms with Crippen molar-refractivity contribution in [2.24, 2.45) is 0 Å². The van der Waals surface area contributed by atoms with E-state index in [1.807, 2.05) is 0 Å². The van der Waals surface area contributed by atoms with Crippen LogP contribution in [0.4, 0.5) is 0 Å². The summed E-state index contributed by atoms with van der Waals surface area (Å²) in [5.41, 5.74) is 0.217. The molecule has 0 aromatic carbocycles. The average molecular weight is 221 g/mol. The zero-order chi connectivity index (χ0) is 12.0. The van der Waals surface area contributed by atoms with E-state index >= 15 is 0 Å². The molecule has 0 fully saturated rings. The summed E-state index contributed by atoms with van der Waals surface area (Å²) < 4.78 is 0. The lowest BCUT2D eigenvalue weighted by Crippen LogP contribution is -2.30. The minimum Gasteiger partial charge on any atom is -0.312 e. The van der Waals surface area contributed by atoms with Gasteiger partial charge in [-0.05, 0) is 19.3 Å². The molecule has 0 saturated heterocycles. The van der Waals surface area contributed by atoms with Crippen LogP contribution in [0, 0.1) is 0 Å². The molecule has 0 unspecified atom stereocenters. The van der Waals surface area contributed by atoms with Crippen molar-refractivity contribution in [2.75, 3.05) is 6.54 Å². The van der Waals surface area contributed by atoms with Gasteiger partial charge in [0.1, 0.15) is 0 Å². The van der Waals surface area contributed by atoms with Crippen LogP contribution in [0.15, 0.2) is 12.2 Å².